The molecule has 0 amide bonds. The molecular weight excluding hydrogens is 328 g/mol. The number of aliphatic hydroxyl groups is 2. The zero-order valence-electron chi connectivity index (χ0n) is 16.5. The average Bonchev–Trinajstić information content (AvgIpc) is 2.68. The van der Waals surface area contributed by atoms with Crippen LogP contribution in [-0.2, 0) is 0 Å². The summed E-state index contributed by atoms with van der Waals surface area (Å²) in [6, 6.07) is 7.89. The maximum Gasteiger partial charge on any atom is 0.0923 e. The number of allylic oxidation sites excluding steroid dienone is 3. The Labute approximate surface area is 158 Å². The summed E-state index contributed by atoms with van der Waals surface area (Å²) in [7, 11) is 3.89. The Kier molecular flexibility index (Phi) is 15.0. The second kappa shape index (κ2) is 16.3. The number of rotatable bonds is 11. The van der Waals surface area contributed by atoms with Gasteiger partial charge in [-0.3, -0.25) is 5.01 Å². The zero-order valence-corrected chi connectivity index (χ0v) is 16.5. The lowest BCUT2D eigenvalue weighted by Crippen LogP contribution is -2.72. The number of hydrogen-bond acceptors (Lipinski definition) is 5. The summed E-state index contributed by atoms with van der Waals surface area (Å²) in [6.07, 6.45) is 10.6. The van der Waals surface area contributed by atoms with Gasteiger partial charge in [0.1, 0.15) is 0 Å². The SMILES string of the molecule is CC.C[NH2+]/C=C\C=C/C/C=N/N(C)c1ccc(N(CCO)CCO)cc1. The van der Waals surface area contributed by atoms with Gasteiger partial charge in [0.2, 0.25) is 0 Å². The molecule has 0 spiro atoms. The molecule has 0 aliphatic carbocycles. The van der Waals surface area contributed by atoms with Gasteiger partial charge in [0.25, 0.3) is 0 Å². The number of hydrazone groups is 1. The monoisotopic (exact) mass is 363 g/mol. The molecule has 0 fully saturated rings. The minimum atomic E-state index is 0.0605. The summed E-state index contributed by atoms with van der Waals surface area (Å²) >= 11 is 0. The van der Waals surface area contributed by atoms with Crippen LogP contribution in [0.2, 0.25) is 0 Å². The smallest absolute Gasteiger partial charge is 0.0923 e. The number of benzene rings is 1. The molecule has 1 aromatic carbocycles. The van der Waals surface area contributed by atoms with E-state index < -0.39 is 0 Å². The molecule has 0 bridgehead atoms. The van der Waals surface area contributed by atoms with Crippen LogP contribution in [-0.4, -0.2) is 56.8 Å². The van der Waals surface area contributed by atoms with E-state index in [-0.39, 0.29) is 13.2 Å². The van der Waals surface area contributed by atoms with Gasteiger partial charge in [-0.15, -0.1) is 0 Å². The summed E-state index contributed by atoms with van der Waals surface area (Å²) in [6.45, 7) is 5.13. The fourth-order valence-corrected chi connectivity index (χ4v) is 2.12. The highest BCUT2D eigenvalue weighted by atomic mass is 16.3. The summed E-state index contributed by atoms with van der Waals surface area (Å²) < 4.78 is 0. The van der Waals surface area contributed by atoms with Gasteiger partial charge in [0, 0.05) is 38.5 Å². The third kappa shape index (κ3) is 9.98. The standard InChI is InChI=1S/C18H28N4O2.C2H6/c1-19-11-5-3-4-6-12-20-21(2)17-7-9-18(10-8-17)22(13-15-23)14-16-24;1-2/h3-5,7-12,19,23-24H,6,13-16H2,1-2H3;1-2H3/p+1/b4-3-,11-5-,20-12+;. The molecule has 1 aromatic rings. The molecule has 6 heteroatoms. The van der Waals surface area contributed by atoms with Gasteiger partial charge in [-0.05, 0) is 30.3 Å². The molecule has 146 valence electrons. The molecule has 1 rings (SSSR count). The van der Waals surface area contributed by atoms with E-state index in [4.69, 9.17) is 10.2 Å². The fourth-order valence-electron chi connectivity index (χ4n) is 2.12. The number of quaternary nitrogens is 1. The first-order chi connectivity index (χ1) is 12.7. The number of anilines is 2. The number of nitrogens with two attached hydrogens (primary N) is 1. The average molecular weight is 364 g/mol. The molecule has 0 aliphatic rings. The van der Waals surface area contributed by atoms with E-state index >= 15 is 0 Å². The predicted molar refractivity (Wildman–Crippen MR) is 112 cm³/mol. The van der Waals surface area contributed by atoms with Crippen molar-refractivity contribution in [3.05, 3.63) is 48.7 Å². The van der Waals surface area contributed by atoms with Crippen molar-refractivity contribution in [3.63, 3.8) is 0 Å². The highest BCUT2D eigenvalue weighted by Gasteiger charge is 2.06. The van der Waals surface area contributed by atoms with Crippen molar-refractivity contribution in [2.75, 3.05) is 50.3 Å². The van der Waals surface area contributed by atoms with Gasteiger partial charge in [0.15, 0.2) is 0 Å². The molecule has 26 heavy (non-hydrogen) atoms. The Balaban J connectivity index is 0.00000301. The zero-order chi connectivity index (χ0) is 19.6. The molecule has 0 heterocycles. The van der Waals surface area contributed by atoms with Gasteiger partial charge in [-0.1, -0.05) is 26.0 Å². The van der Waals surface area contributed by atoms with Gasteiger partial charge >= 0.3 is 0 Å². The second-order valence-electron chi connectivity index (χ2n) is 5.15. The van der Waals surface area contributed by atoms with E-state index in [1.54, 1.807) is 0 Å². The lowest BCUT2D eigenvalue weighted by molar-refractivity contribution is -0.556. The summed E-state index contributed by atoms with van der Waals surface area (Å²) in [5.74, 6) is 0. The van der Waals surface area contributed by atoms with Gasteiger partial charge in [-0.25, -0.2) is 0 Å². The first kappa shape index (κ1) is 23.9. The van der Waals surface area contributed by atoms with E-state index in [2.05, 4.69) is 5.10 Å². The Morgan fingerprint density at radius 1 is 1.00 bits per heavy atom. The van der Waals surface area contributed by atoms with Crippen LogP contribution in [0, 0.1) is 0 Å². The van der Waals surface area contributed by atoms with Gasteiger partial charge < -0.3 is 20.4 Å². The molecule has 6 nitrogen and oxygen atoms in total. The molecule has 0 saturated carbocycles. The second-order valence-corrected chi connectivity index (χ2v) is 5.15. The highest BCUT2D eigenvalue weighted by Crippen LogP contribution is 2.20. The first-order valence-corrected chi connectivity index (χ1v) is 9.17. The lowest BCUT2D eigenvalue weighted by Gasteiger charge is -2.23. The number of hydrogen-bond donors (Lipinski definition) is 3. The van der Waals surface area contributed by atoms with Crippen LogP contribution in [0.4, 0.5) is 11.4 Å². The Morgan fingerprint density at radius 3 is 2.12 bits per heavy atom. The van der Waals surface area contributed by atoms with Crippen molar-refractivity contribution >= 4 is 17.6 Å². The molecule has 0 aliphatic heterocycles. The third-order valence-corrected chi connectivity index (χ3v) is 3.38. The molecule has 0 atom stereocenters. The van der Waals surface area contributed by atoms with Crippen molar-refractivity contribution in [3.8, 4) is 0 Å². The van der Waals surface area contributed by atoms with Crippen LogP contribution in [0.1, 0.15) is 20.3 Å². The van der Waals surface area contributed by atoms with Crippen LogP contribution in [0.5, 0.6) is 0 Å². The van der Waals surface area contributed by atoms with Crippen molar-refractivity contribution in [2.45, 2.75) is 20.3 Å². The van der Waals surface area contributed by atoms with Crippen LogP contribution in [0.3, 0.4) is 0 Å². The van der Waals surface area contributed by atoms with E-state index in [1.165, 1.54) is 0 Å². The van der Waals surface area contributed by atoms with Crippen molar-refractivity contribution in [2.24, 2.45) is 5.10 Å². The predicted octanol–water partition coefficient (Wildman–Crippen LogP) is 1.58. The van der Waals surface area contributed by atoms with Crippen LogP contribution < -0.4 is 15.2 Å². The maximum absolute atomic E-state index is 9.09. The summed E-state index contributed by atoms with van der Waals surface area (Å²) in [4.78, 5) is 1.94. The van der Waals surface area contributed by atoms with Crippen molar-refractivity contribution < 1.29 is 15.5 Å². The van der Waals surface area contributed by atoms with E-state index in [0.717, 1.165) is 17.8 Å². The Morgan fingerprint density at radius 2 is 1.58 bits per heavy atom. The quantitative estimate of drug-likeness (QED) is 0.317. The first-order valence-electron chi connectivity index (χ1n) is 9.17. The molecule has 4 N–H and O–H groups in total. The molecule has 0 aromatic heterocycles. The molecule has 0 radical (unpaired) electrons. The minimum Gasteiger partial charge on any atom is -0.395 e. The fraction of sp³-hybridized carbons (Fsp3) is 0.450. The van der Waals surface area contributed by atoms with Gasteiger partial charge in [-0.2, -0.15) is 5.10 Å². The molecule has 0 saturated heterocycles. The van der Waals surface area contributed by atoms with Crippen LogP contribution in [0.25, 0.3) is 0 Å². The van der Waals surface area contributed by atoms with E-state index in [1.807, 2.05) is 98.1 Å². The third-order valence-electron chi connectivity index (χ3n) is 3.38. The Bertz CT molecular complexity index is 521. The Hall–Kier alpha value is -2.15. The molecule has 0 unspecified atom stereocenters. The minimum absolute atomic E-state index is 0.0605. The molecular formula is C20H35N4O2+. The van der Waals surface area contributed by atoms with Crippen molar-refractivity contribution in [1.29, 1.82) is 0 Å². The topological polar surface area (TPSA) is 75.9 Å². The van der Waals surface area contributed by atoms with Gasteiger partial charge in [0.05, 0.1) is 32.1 Å². The van der Waals surface area contributed by atoms with Crippen LogP contribution >= 0.6 is 0 Å². The van der Waals surface area contributed by atoms with Crippen LogP contribution in [0.15, 0.2) is 53.8 Å². The van der Waals surface area contributed by atoms with E-state index in [0.29, 0.717) is 13.1 Å². The summed E-state index contributed by atoms with van der Waals surface area (Å²) in [5, 5.41) is 26.4. The number of aliphatic hydroxyl groups excluding tert-OH is 2. The van der Waals surface area contributed by atoms with Crippen molar-refractivity contribution in [1.82, 2.24) is 0 Å². The highest BCUT2D eigenvalue weighted by molar-refractivity contribution is 5.63. The maximum atomic E-state index is 9.09. The summed E-state index contributed by atoms with van der Waals surface area (Å²) in [5.41, 5.74) is 1.95. The van der Waals surface area contributed by atoms with E-state index in [9.17, 15) is 0 Å². The lowest BCUT2D eigenvalue weighted by atomic mass is 10.2. The largest absolute Gasteiger partial charge is 0.395 e. The normalized spacial score (nSPS) is 11.2. The number of nitrogens with zero attached hydrogens (tertiary/aromatic N) is 3.